The van der Waals surface area contributed by atoms with Crippen LogP contribution < -0.4 is 0 Å². The highest BCUT2D eigenvalue weighted by Crippen LogP contribution is 2.31. The molecule has 0 saturated carbocycles. The number of aryl methyl sites for hydroxylation is 1. The molecule has 3 aromatic rings. The van der Waals surface area contributed by atoms with Crippen molar-refractivity contribution < 1.29 is 14.3 Å². The van der Waals surface area contributed by atoms with E-state index in [0.29, 0.717) is 35.0 Å². The van der Waals surface area contributed by atoms with Crippen LogP contribution in [0.3, 0.4) is 0 Å². The summed E-state index contributed by atoms with van der Waals surface area (Å²) in [5, 5.41) is 0.955. The fourth-order valence-corrected chi connectivity index (χ4v) is 4.68. The number of ketones is 2. The highest BCUT2D eigenvalue weighted by molar-refractivity contribution is 8.00. The first kappa shape index (κ1) is 21.6. The number of methoxy groups -OCH3 is 1. The van der Waals surface area contributed by atoms with Crippen LogP contribution in [0.1, 0.15) is 46.0 Å². The number of thioether (sulfide) groups is 1. The number of Topliss-reactive ketones (excluding diaryl/α,β-unsaturated/α-hetero) is 2. The number of benzene rings is 1. The number of nitrogens with zero attached hydrogens (tertiary/aromatic N) is 2. The van der Waals surface area contributed by atoms with Crippen LogP contribution in [0.5, 0.6) is 0 Å². The van der Waals surface area contributed by atoms with Gasteiger partial charge in [-0.1, -0.05) is 23.4 Å². The SMILES string of the molecule is COCCn1c(SC(C)C(=O)c2[nH]c(C)c(C(C)=O)c2C)nc2cc(Cl)ccc21. The van der Waals surface area contributed by atoms with Crippen LogP contribution in [0, 0.1) is 13.8 Å². The van der Waals surface area contributed by atoms with Gasteiger partial charge in [0.15, 0.2) is 16.7 Å². The monoisotopic (exact) mass is 433 g/mol. The fourth-order valence-electron chi connectivity index (χ4n) is 3.51. The van der Waals surface area contributed by atoms with Gasteiger partial charge in [0.05, 0.1) is 28.6 Å². The Balaban J connectivity index is 1.93. The molecule has 0 radical (unpaired) electrons. The molecule has 0 fully saturated rings. The predicted molar refractivity (Wildman–Crippen MR) is 117 cm³/mol. The van der Waals surface area contributed by atoms with Gasteiger partial charge < -0.3 is 14.3 Å². The highest BCUT2D eigenvalue weighted by Gasteiger charge is 2.26. The molecule has 1 atom stereocenters. The van der Waals surface area contributed by atoms with E-state index in [1.54, 1.807) is 14.0 Å². The molecule has 154 valence electrons. The predicted octanol–water partition coefficient (Wildman–Crippen LogP) is 4.85. The zero-order valence-electron chi connectivity index (χ0n) is 17.1. The molecule has 6 nitrogen and oxygen atoms in total. The third-order valence-electron chi connectivity index (χ3n) is 4.88. The van der Waals surface area contributed by atoms with Gasteiger partial charge >= 0.3 is 0 Å². The first-order valence-electron chi connectivity index (χ1n) is 9.30. The van der Waals surface area contributed by atoms with Crippen molar-refractivity contribution in [1.29, 1.82) is 0 Å². The number of H-pyrrole nitrogens is 1. The Kier molecular flexibility index (Phi) is 6.51. The molecule has 2 heterocycles. The standard InChI is InChI=1S/C21H24ClN3O3S/c1-11-18(13(3)26)12(2)23-19(11)20(27)14(4)29-21-24-16-10-15(22)6-7-17(16)25(21)8-9-28-5/h6-7,10,14,23H,8-9H2,1-5H3. The van der Waals surface area contributed by atoms with Gasteiger partial charge in [0, 0.05) is 29.9 Å². The molecule has 2 aromatic heterocycles. The second-order valence-corrected chi connectivity index (χ2v) is 8.72. The second-order valence-electron chi connectivity index (χ2n) is 6.98. The molecule has 0 saturated heterocycles. The maximum atomic E-state index is 13.1. The highest BCUT2D eigenvalue weighted by atomic mass is 35.5. The van der Waals surface area contributed by atoms with Crippen LogP contribution in [0.25, 0.3) is 11.0 Å². The van der Waals surface area contributed by atoms with Crippen molar-refractivity contribution >= 4 is 46.0 Å². The molecule has 3 rings (SSSR count). The first-order chi connectivity index (χ1) is 13.7. The van der Waals surface area contributed by atoms with Crippen molar-refractivity contribution in [2.45, 2.75) is 44.6 Å². The number of nitrogens with one attached hydrogen (secondary N) is 1. The topological polar surface area (TPSA) is 77.0 Å². The van der Waals surface area contributed by atoms with Crippen LogP contribution in [0.4, 0.5) is 0 Å². The molecular weight excluding hydrogens is 410 g/mol. The Bertz CT molecular complexity index is 1090. The Labute approximate surface area is 179 Å². The summed E-state index contributed by atoms with van der Waals surface area (Å²) in [6, 6.07) is 5.56. The van der Waals surface area contributed by atoms with E-state index < -0.39 is 0 Å². The van der Waals surface area contributed by atoms with E-state index in [4.69, 9.17) is 16.3 Å². The van der Waals surface area contributed by atoms with E-state index in [2.05, 4.69) is 9.97 Å². The normalized spacial score (nSPS) is 12.5. The lowest BCUT2D eigenvalue weighted by molar-refractivity contribution is 0.0988. The number of rotatable bonds is 8. The van der Waals surface area contributed by atoms with Gasteiger partial charge in [-0.25, -0.2) is 4.98 Å². The van der Waals surface area contributed by atoms with Gasteiger partial charge in [0.25, 0.3) is 0 Å². The molecule has 1 aromatic carbocycles. The summed E-state index contributed by atoms with van der Waals surface area (Å²) in [6.45, 7) is 8.13. The Morgan fingerprint density at radius 2 is 2.07 bits per heavy atom. The van der Waals surface area contributed by atoms with Crippen LogP contribution >= 0.6 is 23.4 Å². The van der Waals surface area contributed by atoms with Crippen LogP contribution in [-0.2, 0) is 11.3 Å². The number of fused-ring (bicyclic) bond motifs is 1. The molecule has 0 aliphatic heterocycles. The number of carbonyl (C=O) groups is 2. The Morgan fingerprint density at radius 3 is 2.69 bits per heavy atom. The van der Waals surface area contributed by atoms with Crippen LogP contribution in [-0.4, -0.2) is 45.1 Å². The molecule has 0 aliphatic carbocycles. The summed E-state index contributed by atoms with van der Waals surface area (Å²) in [4.78, 5) is 32.8. The third-order valence-corrected chi connectivity index (χ3v) is 6.21. The van der Waals surface area contributed by atoms with E-state index in [1.807, 2.05) is 36.6 Å². The second kappa shape index (κ2) is 8.73. The zero-order chi connectivity index (χ0) is 21.3. The average molecular weight is 434 g/mol. The molecular formula is C21H24ClN3O3S. The summed E-state index contributed by atoms with van der Waals surface area (Å²) in [5.74, 6) is -0.111. The Morgan fingerprint density at radius 1 is 1.34 bits per heavy atom. The molecule has 1 N–H and O–H groups in total. The number of imidazole rings is 1. The fraction of sp³-hybridized carbons (Fsp3) is 0.381. The average Bonchev–Trinajstić information content (AvgIpc) is 3.14. The number of halogens is 1. The van der Waals surface area contributed by atoms with Crippen molar-refractivity contribution in [1.82, 2.24) is 14.5 Å². The quantitative estimate of drug-likeness (QED) is 0.406. The van der Waals surface area contributed by atoms with E-state index in [-0.39, 0.29) is 16.8 Å². The van der Waals surface area contributed by atoms with Crippen molar-refractivity contribution in [3.63, 3.8) is 0 Å². The minimum absolute atomic E-state index is 0.0474. The number of aromatic nitrogens is 3. The first-order valence-corrected chi connectivity index (χ1v) is 10.6. The summed E-state index contributed by atoms with van der Waals surface area (Å²) in [6.07, 6.45) is 0. The molecule has 0 aliphatic rings. The maximum Gasteiger partial charge on any atom is 0.192 e. The van der Waals surface area contributed by atoms with Gasteiger partial charge in [-0.05, 0) is 51.5 Å². The summed E-state index contributed by atoms with van der Waals surface area (Å²) in [7, 11) is 1.65. The molecule has 29 heavy (non-hydrogen) atoms. The van der Waals surface area contributed by atoms with Crippen LogP contribution in [0.2, 0.25) is 5.02 Å². The van der Waals surface area contributed by atoms with Crippen molar-refractivity contribution in [2.75, 3.05) is 13.7 Å². The molecule has 0 spiro atoms. The number of ether oxygens (including phenoxy) is 1. The van der Waals surface area contributed by atoms with Crippen molar-refractivity contribution in [3.8, 4) is 0 Å². The molecule has 1 unspecified atom stereocenters. The van der Waals surface area contributed by atoms with Gasteiger partial charge in [0.2, 0.25) is 0 Å². The summed E-state index contributed by atoms with van der Waals surface area (Å²) in [5.41, 5.74) is 4.22. The van der Waals surface area contributed by atoms with Crippen molar-refractivity contribution in [2.24, 2.45) is 0 Å². The van der Waals surface area contributed by atoms with E-state index >= 15 is 0 Å². The molecule has 0 amide bonds. The summed E-state index contributed by atoms with van der Waals surface area (Å²) < 4.78 is 7.27. The Hall–Kier alpha value is -2.09. The molecule has 8 heteroatoms. The van der Waals surface area contributed by atoms with Crippen LogP contribution in [0.15, 0.2) is 23.4 Å². The van der Waals surface area contributed by atoms with E-state index in [0.717, 1.165) is 21.9 Å². The lowest BCUT2D eigenvalue weighted by Crippen LogP contribution is -2.17. The lowest BCUT2D eigenvalue weighted by Gasteiger charge is -2.12. The number of hydrogen-bond acceptors (Lipinski definition) is 5. The van der Waals surface area contributed by atoms with Gasteiger partial charge in [-0.15, -0.1) is 0 Å². The minimum Gasteiger partial charge on any atom is -0.383 e. The summed E-state index contributed by atoms with van der Waals surface area (Å²) >= 11 is 7.50. The number of hydrogen-bond donors (Lipinski definition) is 1. The van der Waals surface area contributed by atoms with Crippen molar-refractivity contribution in [3.05, 3.63) is 45.7 Å². The zero-order valence-corrected chi connectivity index (χ0v) is 18.7. The molecule has 0 bridgehead atoms. The number of aromatic amines is 1. The van der Waals surface area contributed by atoms with Gasteiger partial charge in [0.1, 0.15) is 0 Å². The number of carbonyl (C=O) groups excluding carboxylic acids is 2. The van der Waals surface area contributed by atoms with E-state index in [9.17, 15) is 9.59 Å². The smallest absolute Gasteiger partial charge is 0.192 e. The third kappa shape index (κ3) is 4.27. The van der Waals surface area contributed by atoms with Gasteiger partial charge in [-0.2, -0.15) is 0 Å². The maximum absolute atomic E-state index is 13.1. The minimum atomic E-state index is -0.389. The largest absolute Gasteiger partial charge is 0.383 e. The lowest BCUT2D eigenvalue weighted by atomic mass is 10.0. The van der Waals surface area contributed by atoms with E-state index in [1.165, 1.54) is 18.7 Å². The van der Waals surface area contributed by atoms with Gasteiger partial charge in [-0.3, -0.25) is 9.59 Å².